The normalized spacial score (nSPS) is 12.5. The number of nitrogens with zero attached hydrogens (tertiary/aromatic N) is 1. The van der Waals surface area contributed by atoms with Crippen molar-refractivity contribution >= 4 is 12.1 Å². The molecule has 0 aliphatic rings. The number of pyridine rings is 1. The second kappa shape index (κ2) is 6.35. The highest BCUT2D eigenvalue weighted by atomic mass is 16.1. The monoisotopic (exact) mass is 235 g/mol. The summed E-state index contributed by atoms with van der Waals surface area (Å²) in [7, 11) is 1.85. The zero-order valence-electron chi connectivity index (χ0n) is 10.7. The standard InChI is InChI=1S/C13H21N3O/c1-9(2)11-6-10(4-5-12(14)8-17)13(15-3)16-7-11/h6-9,12H,4-5,14H2,1-3H3,(H,15,16). The summed E-state index contributed by atoms with van der Waals surface area (Å²) in [5.74, 6) is 1.32. The minimum Gasteiger partial charge on any atom is -0.373 e. The van der Waals surface area contributed by atoms with Gasteiger partial charge in [-0.15, -0.1) is 0 Å². The summed E-state index contributed by atoms with van der Waals surface area (Å²) in [6.45, 7) is 4.27. The molecule has 0 saturated carbocycles. The summed E-state index contributed by atoms with van der Waals surface area (Å²) in [5, 5.41) is 3.06. The van der Waals surface area contributed by atoms with Gasteiger partial charge < -0.3 is 15.8 Å². The number of aryl methyl sites for hydroxylation is 1. The highest BCUT2D eigenvalue weighted by Gasteiger charge is 2.08. The fraction of sp³-hybridized carbons (Fsp3) is 0.538. The van der Waals surface area contributed by atoms with Crippen molar-refractivity contribution in [3.8, 4) is 0 Å². The Hall–Kier alpha value is -1.42. The van der Waals surface area contributed by atoms with Crippen molar-refractivity contribution in [1.29, 1.82) is 0 Å². The summed E-state index contributed by atoms with van der Waals surface area (Å²) in [5.41, 5.74) is 7.93. The van der Waals surface area contributed by atoms with Gasteiger partial charge in [-0.05, 0) is 29.9 Å². The summed E-state index contributed by atoms with van der Waals surface area (Å²) in [6, 6.07) is 1.75. The molecule has 0 spiro atoms. The number of aldehydes is 1. The van der Waals surface area contributed by atoms with E-state index in [1.165, 1.54) is 5.56 Å². The van der Waals surface area contributed by atoms with Crippen molar-refractivity contribution < 1.29 is 4.79 Å². The van der Waals surface area contributed by atoms with E-state index in [4.69, 9.17) is 5.73 Å². The first-order chi connectivity index (χ1) is 8.08. The molecule has 0 fully saturated rings. The van der Waals surface area contributed by atoms with E-state index < -0.39 is 0 Å². The molecule has 94 valence electrons. The Morgan fingerprint density at radius 1 is 1.53 bits per heavy atom. The molecule has 4 nitrogen and oxygen atoms in total. The lowest BCUT2D eigenvalue weighted by molar-refractivity contribution is -0.109. The number of carbonyl (C=O) groups excluding carboxylic acids is 1. The van der Waals surface area contributed by atoms with E-state index in [-0.39, 0.29) is 6.04 Å². The Kier molecular flexibility index (Phi) is 5.10. The second-order valence-corrected chi connectivity index (χ2v) is 4.52. The topological polar surface area (TPSA) is 68.0 Å². The van der Waals surface area contributed by atoms with Crippen molar-refractivity contribution in [1.82, 2.24) is 4.98 Å². The Morgan fingerprint density at radius 2 is 2.24 bits per heavy atom. The fourth-order valence-electron chi connectivity index (χ4n) is 1.65. The highest BCUT2D eigenvalue weighted by Crippen LogP contribution is 2.21. The first kappa shape index (κ1) is 13.6. The molecule has 0 radical (unpaired) electrons. The molecule has 3 N–H and O–H groups in total. The lowest BCUT2D eigenvalue weighted by Crippen LogP contribution is -2.22. The van der Waals surface area contributed by atoms with Crippen molar-refractivity contribution in [3.63, 3.8) is 0 Å². The van der Waals surface area contributed by atoms with E-state index >= 15 is 0 Å². The number of nitrogens with one attached hydrogen (secondary N) is 1. The van der Waals surface area contributed by atoms with Crippen LogP contribution in [0.5, 0.6) is 0 Å². The Labute approximate surface area is 103 Å². The van der Waals surface area contributed by atoms with Crippen molar-refractivity contribution in [2.75, 3.05) is 12.4 Å². The number of rotatable bonds is 6. The number of anilines is 1. The minimum atomic E-state index is -0.387. The predicted molar refractivity (Wildman–Crippen MR) is 70.2 cm³/mol. The molecule has 1 atom stereocenters. The number of carbonyl (C=O) groups is 1. The van der Waals surface area contributed by atoms with Crippen molar-refractivity contribution in [3.05, 3.63) is 23.4 Å². The third-order valence-electron chi connectivity index (χ3n) is 2.81. The molecule has 0 amide bonds. The molecule has 1 heterocycles. The van der Waals surface area contributed by atoms with Crippen LogP contribution in [0.3, 0.4) is 0 Å². The van der Waals surface area contributed by atoms with Gasteiger partial charge in [-0.2, -0.15) is 0 Å². The Bertz CT molecular complexity index is 377. The molecule has 0 bridgehead atoms. The van der Waals surface area contributed by atoms with Gasteiger partial charge in [0.15, 0.2) is 0 Å². The maximum absolute atomic E-state index is 10.5. The average molecular weight is 235 g/mol. The lowest BCUT2D eigenvalue weighted by atomic mass is 10.00. The maximum Gasteiger partial charge on any atom is 0.136 e. The van der Waals surface area contributed by atoms with E-state index in [1.54, 1.807) is 0 Å². The number of aromatic nitrogens is 1. The van der Waals surface area contributed by atoms with Crippen LogP contribution in [0.25, 0.3) is 0 Å². The number of hydrogen-bond acceptors (Lipinski definition) is 4. The molecule has 0 aromatic carbocycles. The van der Waals surface area contributed by atoms with Crippen LogP contribution in [0.4, 0.5) is 5.82 Å². The third-order valence-corrected chi connectivity index (χ3v) is 2.81. The first-order valence-corrected chi connectivity index (χ1v) is 5.96. The molecule has 0 aliphatic carbocycles. The van der Waals surface area contributed by atoms with Gasteiger partial charge in [-0.1, -0.05) is 19.9 Å². The van der Waals surface area contributed by atoms with Gasteiger partial charge in [-0.25, -0.2) is 4.98 Å². The van der Waals surface area contributed by atoms with Gasteiger partial charge >= 0.3 is 0 Å². The van der Waals surface area contributed by atoms with Gasteiger partial charge in [0.05, 0.1) is 6.04 Å². The maximum atomic E-state index is 10.5. The van der Waals surface area contributed by atoms with Gasteiger partial charge in [0.2, 0.25) is 0 Å². The molecule has 4 heteroatoms. The second-order valence-electron chi connectivity index (χ2n) is 4.52. The average Bonchev–Trinajstić information content (AvgIpc) is 2.35. The van der Waals surface area contributed by atoms with E-state index in [9.17, 15) is 4.79 Å². The van der Waals surface area contributed by atoms with E-state index in [2.05, 4.69) is 30.2 Å². The van der Waals surface area contributed by atoms with Crippen LogP contribution in [0, 0.1) is 0 Å². The molecular weight excluding hydrogens is 214 g/mol. The van der Waals surface area contributed by atoms with Crippen LogP contribution in [0.2, 0.25) is 0 Å². The van der Waals surface area contributed by atoms with E-state index in [1.807, 2.05) is 13.2 Å². The summed E-state index contributed by atoms with van der Waals surface area (Å²) in [4.78, 5) is 14.9. The highest BCUT2D eigenvalue weighted by molar-refractivity contribution is 5.57. The smallest absolute Gasteiger partial charge is 0.136 e. The van der Waals surface area contributed by atoms with Crippen LogP contribution >= 0.6 is 0 Å². The van der Waals surface area contributed by atoms with Gasteiger partial charge in [0, 0.05) is 13.2 Å². The third kappa shape index (κ3) is 3.82. The minimum absolute atomic E-state index is 0.387. The van der Waals surface area contributed by atoms with Crippen molar-refractivity contribution in [2.45, 2.75) is 38.6 Å². The van der Waals surface area contributed by atoms with Crippen LogP contribution in [0.1, 0.15) is 37.3 Å². The van der Waals surface area contributed by atoms with Crippen LogP contribution in [-0.2, 0) is 11.2 Å². The van der Waals surface area contributed by atoms with Crippen molar-refractivity contribution in [2.24, 2.45) is 5.73 Å². The molecule has 1 aromatic rings. The van der Waals surface area contributed by atoms with Gasteiger partial charge in [0.1, 0.15) is 12.1 Å². The fourth-order valence-corrected chi connectivity index (χ4v) is 1.65. The molecule has 1 unspecified atom stereocenters. The van der Waals surface area contributed by atoms with Gasteiger partial charge in [0.25, 0.3) is 0 Å². The zero-order chi connectivity index (χ0) is 12.8. The molecule has 1 rings (SSSR count). The summed E-state index contributed by atoms with van der Waals surface area (Å²) >= 11 is 0. The lowest BCUT2D eigenvalue weighted by Gasteiger charge is -2.13. The Morgan fingerprint density at radius 3 is 2.76 bits per heavy atom. The summed E-state index contributed by atoms with van der Waals surface area (Å²) < 4.78 is 0. The van der Waals surface area contributed by atoms with E-state index in [0.717, 1.165) is 24.1 Å². The van der Waals surface area contributed by atoms with Crippen LogP contribution in [-0.4, -0.2) is 24.4 Å². The molecule has 0 aliphatic heterocycles. The zero-order valence-corrected chi connectivity index (χ0v) is 10.7. The molecule has 1 aromatic heterocycles. The molecule has 17 heavy (non-hydrogen) atoms. The summed E-state index contributed by atoms with van der Waals surface area (Å²) in [6.07, 6.45) is 4.10. The largest absolute Gasteiger partial charge is 0.373 e. The Balaban J connectivity index is 2.86. The van der Waals surface area contributed by atoms with Crippen LogP contribution < -0.4 is 11.1 Å². The number of nitrogens with two attached hydrogens (primary N) is 1. The number of hydrogen-bond donors (Lipinski definition) is 2. The van der Waals surface area contributed by atoms with E-state index in [0.29, 0.717) is 12.3 Å². The SMILES string of the molecule is CNc1ncc(C(C)C)cc1CCC(N)C=O. The first-order valence-electron chi connectivity index (χ1n) is 5.96. The van der Waals surface area contributed by atoms with Gasteiger partial charge in [-0.3, -0.25) is 0 Å². The predicted octanol–water partition coefficient (Wildman–Crippen LogP) is 1.71. The molecule has 0 saturated heterocycles. The molecular formula is C13H21N3O. The van der Waals surface area contributed by atoms with Crippen LogP contribution in [0.15, 0.2) is 12.3 Å². The quantitative estimate of drug-likeness (QED) is 0.736.